The average molecular weight is 656 g/mol. The molecule has 4 atom stereocenters. The molecule has 0 saturated carbocycles. The second-order valence-electron chi connectivity index (χ2n) is 11.5. The Kier molecular flexibility index (Phi) is 9.27. The number of anilines is 1. The number of carboxylic acids is 2. The fourth-order valence-electron chi connectivity index (χ4n) is 6.83. The Labute approximate surface area is 265 Å². The van der Waals surface area contributed by atoms with E-state index in [4.69, 9.17) is 25.2 Å². The number of rotatable bonds is 9. The number of aromatic nitrogens is 1. The van der Waals surface area contributed by atoms with Gasteiger partial charge in [0.25, 0.3) is 10.0 Å². The molecule has 2 aromatic carbocycles. The summed E-state index contributed by atoms with van der Waals surface area (Å²) >= 11 is 0. The summed E-state index contributed by atoms with van der Waals surface area (Å²) in [6.07, 6.45) is 1.62. The summed E-state index contributed by atoms with van der Waals surface area (Å²) in [6, 6.07) is 14.2. The minimum Gasteiger partial charge on any atom is -0.479 e. The predicted molar refractivity (Wildman–Crippen MR) is 167 cm³/mol. The second-order valence-corrected chi connectivity index (χ2v) is 13.2. The van der Waals surface area contributed by atoms with Gasteiger partial charge in [-0.15, -0.1) is 0 Å². The summed E-state index contributed by atoms with van der Waals surface area (Å²) < 4.78 is 36.3. The molecule has 5 N–H and O–H groups in total. The maximum Gasteiger partial charge on any atom is 0.354 e. The quantitative estimate of drug-likeness (QED) is 0.213. The number of piperidine rings is 1. The van der Waals surface area contributed by atoms with Crippen molar-refractivity contribution in [2.75, 3.05) is 24.4 Å². The van der Waals surface area contributed by atoms with Gasteiger partial charge in [0, 0.05) is 23.0 Å². The van der Waals surface area contributed by atoms with Crippen molar-refractivity contribution >= 4 is 50.2 Å². The van der Waals surface area contributed by atoms with E-state index in [1.165, 1.54) is 11.3 Å². The number of hydrogen-bond donors (Lipinski definition) is 5. The smallest absolute Gasteiger partial charge is 0.354 e. The number of ether oxygens (including phenoxy) is 1. The molecule has 3 aromatic rings. The molecule has 0 aliphatic carbocycles. The van der Waals surface area contributed by atoms with Gasteiger partial charge in [-0.05, 0) is 75.1 Å². The number of esters is 1. The van der Waals surface area contributed by atoms with Crippen LogP contribution in [0, 0.1) is 5.41 Å². The molecule has 4 heterocycles. The Hall–Kier alpha value is -4.24. The first kappa shape index (κ1) is 33.1. The summed E-state index contributed by atoms with van der Waals surface area (Å²) in [4.78, 5) is 35.6. The van der Waals surface area contributed by atoms with E-state index in [9.17, 15) is 22.8 Å². The van der Waals surface area contributed by atoms with Gasteiger partial charge in [-0.25, -0.2) is 22.8 Å². The van der Waals surface area contributed by atoms with Gasteiger partial charge in [0.15, 0.2) is 12.2 Å². The Bertz CT molecular complexity index is 1790. The zero-order valence-electron chi connectivity index (χ0n) is 25.4. The minimum atomic E-state index is -3.74. The molecule has 3 aliphatic heterocycles. The van der Waals surface area contributed by atoms with Crippen molar-refractivity contribution in [3.63, 3.8) is 0 Å². The average Bonchev–Trinajstić information content (AvgIpc) is 3.37. The molecule has 3 aliphatic rings. The molecule has 246 valence electrons. The minimum absolute atomic E-state index is 0.113. The highest BCUT2D eigenvalue weighted by molar-refractivity contribution is 7.92. The summed E-state index contributed by atoms with van der Waals surface area (Å²) in [7, 11) is -3.74. The fraction of sp³-hybridized carbons (Fsp3) is 0.406. The third kappa shape index (κ3) is 5.88. The van der Waals surface area contributed by atoms with Crippen LogP contribution in [-0.4, -0.2) is 88.1 Å². The van der Waals surface area contributed by atoms with Crippen LogP contribution in [0.1, 0.15) is 50.4 Å². The molecule has 1 saturated heterocycles. The van der Waals surface area contributed by atoms with Crippen molar-refractivity contribution in [2.24, 2.45) is 5.41 Å². The molecule has 0 radical (unpaired) electrons. The number of aliphatic hydroxyl groups is 2. The van der Waals surface area contributed by atoms with Crippen LogP contribution in [-0.2, 0) is 35.6 Å². The van der Waals surface area contributed by atoms with Crippen molar-refractivity contribution in [1.82, 2.24) is 9.47 Å². The van der Waals surface area contributed by atoms with E-state index in [1.54, 1.807) is 30.3 Å². The topological polar surface area (TPSA) is 196 Å². The number of sulfonamides is 1. The Morgan fingerprint density at radius 1 is 1.02 bits per heavy atom. The number of hydrogen-bond acceptors (Lipinski definition) is 9. The van der Waals surface area contributed by atoms with Crippen LogP contribution in [0.15, 0.2) is 59.5 Å². The maximum atomic E-state index is 13.3. The lowest BCUT2D eigenvalue weighted by molar-refractivity contribution is -0.165. The molecule has 4 unspecified atom stereocenters. The maximum absolute atomic E-state index is 13.3. The zero-order valence-corrected chi connectivity index (χ0v) is 26.2. The van der Waals surface area contributed by atoms with Gasteiger partial charge >= 0.3 is 17.9 Å². The lowest BCUT2D eigenvalue weighted by Gasteiger charge is -2.53. The number of carboxylic acid groups (broad SMARTS) is 2. The van der Waals surface area contributed by atoms with Crippen LogP contribution >= 0.6 is 0 Å². The predicted octanol–water partition coefficient (Wildman–Crippen LogP) is 2.83. The van der Waals surface area contributed by atoms with Crippen LogP contribution in [0.2, 0.25) is 0 Å². The molecule has 1 aromatic heterocycles. The van der Waals surface area contributed by atoms with Crippen LogP contribution in [0.4, 0.5) is 5.69 Å². The normalized spacial score (nSPS) is 21.6. The number of benzene rings is 2. The van der Waals surface area contributed by atoms with Gasteiger partial charge in [0.2, 0.25) is 0 Å². The summed E-state index contributed by atoms with van der Waals surface area (Å²) in [5.74, 6) is -3.87. The summed E-state index contributed by atoms with van der Waals surface area (Å²) in [5, 5.41) is 33.6. The number of nitrogens with one attached hydrogen (secondary N) is 1. The van der Waals surface area contributed by atoms with Crippen molar-refractivity contribution in [3.8, 4) is 0 Å². The molecule has 13 nitrogen and oxygen atoms in total. The lowest BCUT2D eigenvalue weighted by Crippen LogP contribution is -2.51. The van der Waals surface area contributed by atoms with E-state index >= 15 is 0 Å². The van der Waals surface area contributed by atoms with Gasteiger partial charge in [-0.2, -0.15) is 0 Å². The standard InChI is InChI=1S/C28H31N3O4S.C4H6O6/c1-3-28-14-8-15-30-16-13-22-21-12-11-19(29-36(33,34)20-9-6-5-7-10-20)17-23(21)31(25(22)26(28)30)24(18-28)27(32)35-4-2;5-1(3(7)8)2(6)4(9)10/h5-7,9-12,17-18,26,29H,3-4,8,13-16H2,1-2H3;1-2,5-6H,(H,7,8)(H,9,10). The van der Waals surface area contributed by atoms with Crippen molar-refractivity contribution < 1.29 is 48.0 Å². The molecular formula is C32H37N3O10S. The van der Waals surface area contributed by atoms with Gasteiger partial charge in [-0.1, -0.05) is 31.2 Å². The van der Waals surface area contributed by atoms with Gasteiger partial charge < -0.3 is 29.7 Å². The first-order valence-corrected chi connectivity index (χ1v) is 16.5. The number of aliphatic carboxylic acids is 2. The third-order valence-corrected chi connectivity index (χ3v) is 10.3. The second kappa shape index (κ2) is 12.9. The zero-order chi connectivity index (χ0) is 33.4. The van der Waals surface area contributed by atoms with Gasteiger partial charge in [-0.3, -0.25) is 9.62 Å². The number of carbonyl (C=O) groups excluding carboxylic acids is 1. The van der Waals surface area contributed by atoms with E-state index in [-0.39, 0.29) is 22.3 Å². The molecular weight excluding hydrogens is 618 g/mol. The summed E-state index contributed by atoms with van der Waals surface area (Å²) in [5.41, 5.74) is 4.17. The van der Waals surface area contributed by atoms with Crippen LogP contribution in [0.5, 0.6) is 0 Å². The molecule has 0 amide bonds. The monoisotopic (exact) mass is 655 g/mol. The molecule has 46 heavy (non-hydrogen) atoms. The van der Waals surface area contributed by atoms with E-state index in [1.807, 2.05) is 25.1 Å². The van der Waals surface area contributed by atoms with E-state index in [0.29, 0.717) is 18.0 Å². The molecule has 0 bridgehead atoms. The number of carbonyl (C=O) groups is 3. The molecule has 0 spiro atoms. The highest BCUT2D eigenvalue weighted by Gasteiger charge is 2.51. The molecule has 1 fully saturated rings. The van der Waals surface area contributed by atoms with Crippen LogP contribution in [0.3, 0.4) is 0 Å². The van der Waals surface area contributed by atoms with Crippen molar-refractivity contribution in [3.05, 3.63) is 65.9 Å². The highest BCUT2D eigenvalue weighted by atomic mass is 32.2. The number of fused-ring (bicyclic) bond motifs is 3. The van der Waals surface area contributed by atoms with E-state index in [2.05, 4.69) is 27.2 Å². The van der Waals surface area contributed by atoms with Crippen LogP contribution < -0.4 is 4.72 Å². The van der Waals surface area contributed by atoms with Crippen molar-refractivity contribution in [2.45, 2.75) is 62.7 Å². The fourth-order valence-corrected chi connectivity index (χ4v) is 7.90. The van der Waals surface area contributed by atoms with Gasteiger partial charge in [0.1, 0.15) is 5.70 Å². The third-order valence-electron chi connectivity index (χ3n) is 8.94. The summed E-state index contributed by atoms with van der Waals surface area (Å²) in [6.45, 7) is 6.38. The highest BCUT2D eigenvalue weighted by Crippen LogP contribution is 2.57. The number of aliphatic hydroxyl groups excluding tert-OH is 2. The molecule has 6 rings (SSSR count). The SMILES string of the molecule is CCOC(=O)C1=CC2(CC)CCCN3CCc4c(n1c1cc(NS(=O)(=O)c5ccccc5)ccc41)C32.O=C(O)C(O)C(O)C(=O)O. The first-order valence-electron chi connectivity index (χ1n) is 15.1. The first-order chi connectivity index (χ1) is 21.8. The van der Waals surface area contributed by atoms with E-state index < -0.39 is 34.2 Å². The Morgan fingerprint density at radius 2 is 1.70 bits per heavy atom. The Balaban J connectivity index is 0.000000362. The van der Waals surface area contributed by atoms with Crippen LogP contribution in [0.25, 0.3) is 16.6 Å². The van der Waals surface area contributed by atoms with Gasteiger partial charge in [0.05, 0.1) is 28.7 Å². The lowest BCUT2D eigenvalue weighted by atomic mass is 9.66. The Morgan fingerprint density at radius 3 is 2.30 bits per heavy atom. The van der Waals surface area contributed by atoms with Crippen molar-refractivity contribution in [1.29, 1.82) is 0 Å². The van der Waals surface area contributed by atoms with E-state index in [0.717, 1.165) is 49.7 Å². The number of nitrogens with zero attached hydrogens (tertiary/aromatic N) is 2. The molecule has 14 heteroatoms. The largest absolute Gasteiger partial charge is 0.479 e.